The Balaban J connectivity index is 1.55. The van der Waals surface area contributed by atoms with Crippen LogP contribution in [-0.4, -0.2) is 38.7 Å². The van der Waals surface area contributed by atoms with Crippen molar-refractivity contribution in [3.8, 4) is 5.69 Å². The fourth-order valence-corrected chi connectivity index (χ4v) is 6.97. The van der Waals surface area contributed by atoms with Gasteiger partial charge in [0.2, 0.25) is 5.91 Å². The predicted octanol–water partition coefficient (Wildman–Crippen LogP) is 4.82. The largest absolute Gasteiger partial charge is 0.339 e. The lowest BCUT2D eigenvalue weighted by Gasteiger charge is -2.33. The molecule has 1 aliphatic carbocycles. The van der Waals surface area contributed by atoms with Crippen LogP contribution in [0.4, 0.5) is 0 Å². The van der Waals surface area contributed by atoms with Crippen LogP contribution in [0, 0.1) is 0 Å². The second-order valence-corrected chi connectivity index (χ2v) is 10.5. The molecule has 0 saturated carbocycles. The number of likely N-dealkylation sites (tertiary alicyclic amines) is 1. The van der Waals surface area contributed by atoms with Crippen LogP contribution in [0.2, 0.25) is 0 Å². The minimum atomic E-state index is -0.00288. The molecule has 1 saturated heterocycles. The Hall–Kier alpha value is -2.12. The molecule has 5 rings (SSSR count). The number of amides is 1. The van der Waals surface area contributed by atoms with Gasteiger partial charge in [0.15, 0.2) is 5.16 Å². The van der Waals surface area contributed by atoms with E-state index in [1.54, 1.807) is 15.9 Å². The Bertz CT molecular complexity index is 1170. The van der Waals surface area contributed by atoms with Crippen LogP contribution in [0.1, 0.15) is 49.5 Å². The van der Waals surface area contributed by atoms with Gasteiger partial charge >= 0.3 is 0 Å². The van der Waals surface area contributed by atoms with Gasteiger partial charge < -0.3 is 4.90 Å². The first kappa shape index (κ1) is 20.8. The second-order valence-electron chi connectivity index (χ2n) is 8.48. The van der Waals surface area contributed by atoms with Crippen molar-refractivity contribution in [2.24, 2.45) is 0 Å². The molecule has 2 aromatic heterocycles. The third kappa shape index (κ3) is 3.94. The highest BCUT2D eigenvalue weighted by molar-refractivity contribution is 7.99. The quantitative estimate of drug-likeness (QED) is 0.420. The average molecular weight is 454 g/mol. The summed E-state index contributed by atoms with van der Waals surface area (Å²) in [4.78, 5) is 35.7. The number of benzene rings is 1. The molecule has 1 atom stereocenters. The Morgan fingerprint density at radius 3 is 2.77 bits per heavy atom. The zero-order valence-electron chi connectivity index (χ0n) is 17.8. The highest BCUT2D eigenvalue weighted by atomic mass is 32.2. The fourth-order valence-electron chi connectivity index (χ4n) is 4.77. The number of thiophene rings is 1. The van der Waals surface area contributed by atoms with Gasteiger partial charge in [-0.1, -0.05) is 30.0 Å². The molecule has 0 spiro atoms. The van der Waals surface area contributed by atoms with Crippen LogP contribution in [0.25, 0.3) is 15.9 Å². The third-order valence-corrected chi connectivity index (χ3v) is 8.53. The molecule has 5 nitrogen and oxygen atoms in total. The number of fused-ring (bicyclic) bond motifs is 3. The second kappa shape index (κ2) is 8.79. The van der Waals surface area contributed by atoms with Crippen LogP contribution in [-0.2, 0) is 17.6 Å². The summed E-state index contributed by atoms with van der Waals surface area (Å²) in [5, 5.41) is 1.39. The number of para-hydroxylation sites is 1. The van der Waals surface area contributed by atoms with Gasteiger partial charge in [0.05, 0.1) is 16.8 Å². The number of hydrogen-bond donors (Lipinski definition) is 0. The number of carbonyl (C=O) groups is 1. The van der Waals surface area contributed by atoms with E-state index in [1.165, 1.54) is 35.0 Å². The zero-order valence-corrected chi connectivity index (χ0v) is 19.4. The number of aromatic nitrogens is 2. The van der Waals surface area contributed by atoms with Gasteiger partial charge in [-0.15, -0.1) is 11.3 Å². The van der Waals surface area contributed by atoms with Gasteiger partial charge in [-0.05, 0) is 69.6 Å². The van der Waals surface area contributed by atoms with E-state index in [2.05, 4.69) is 6.92 Å². The molecule has 0 unspecified atom stereocenters. The van der Waals surface area contributed by atoms with Crippen molar-refractivity contribution >= 4 is 39.2 Å². The lowest BCUT2D eigenvalue weighted by atomic mass is 9.97. The molecule has 3 aromatic rings. The van der Waals surface area contributed by atoms with E-state index in [1.807, 2.05) is 35.2 Å². The minimum absolute atomic E-state index is 0.00288. The maximum absolute atomic E-state index is 13.7. The summed E-state index contributed by atoms with van der Waals surface area (Å²) >= 11 is 3.05. The summed E-state index contributed by atoms with van der Waals surface area (Å²) in [6.45, 7) is 2.96. The minimum Gasteiger partial charge on any atom is -0.339 e. The first-order chi connectivity index (χ1) is 15.1. The van der Waals surface area contributed by atoms with E-state index < -0.39 is 0 Å². The third-order valence-electron chi connectivity index (χ3n) is 6.42. The number of carbonyl (C=O) groups excluding carboxylic acids is 1. The molecule has 1 amide bonds. The predicted molar refractivity (Wildman–Crippen MR) is 128 cm³/mol. The lowest BCUT2D eigenvalue weighted by molar-refractivity contribution is -0.131. The molecule has 0 radical (unpaired) electrons. The summed E-state index contributed by atoms with van der Waals surface area (Å²) in [5.41, 5.74) is 2.00. The van der Waals surface area contributed by atoms with Crippen molar-refractivity contribution in [2.45, 2.75) is 63.1 Å². The van der Waals surface area contributed by atoms with Crippen LogP contribution >= 0.6 is 23.1 Å². The van der Waals surface area contributed by atoms with Crippen LogP contribution in [0.3, 0.4) is 0 Å². The maximum atomic E-state index is 13.7. The van der Waals surface area contributed by atoms with Crippen LogP contribution in [0.5, 0.6) is 0 Å². The van der Waals surface area contributed by atoms with Crippen molar-refractivity contribution in [1.29, 1.82) is 0 Å². The first-order valence-electron chi connectivity index (χ1n) is 11.2. The molecule has 2 aliphatic rings. The summed E-state index contributed by atoms with van der Waals surface area (Å²) in [6, 6.07) is 9.98. The van der Waals surface area contributed by atoms with Crippen molar-refractivity contribution < 1.29 is 4.79 Å². The van der Waals surface area contributed by atoms with E-state index in [0.717, 1.165) is 54.6 Å². The van der Waals surface area contributed by atoms with Gasteiger partial charge in [0, 0.05) is 17.5 Å². The number of rotatable bonds is 4. The number of nitrogens with zero attached hydrogens (tertiary/aromatic N) is 3. The van der Waals surface area contributed by atoms with Crippen LogP contribution in [0.15, 0.2) is 40.3 Å². The standard InChI is InChI=1S/C24H27N3O2S2/c1-16-9-7-8-14-26(16)20(28)15-30-24-25-22-21(18-12-5-6-13-19(18)31-22)23(29)27(24)17-10-3-2-4-11-17/h2-4,10-11,16H,5-9,12-15H2,1H3/t16-/m1/s1. The molecule has 3 heterocycles. The SMILES string of the molecule is C[C@@H]1CCCCN1C(=O)CSc1nc2sc3c(c2c(=O)n1-c1ccccc1)CCCC3. The molecule has 1 fully saturated rings. The average Bonchev–Trinajstić information content (AvgIpc) is 3.17. The number of hydrogen-bond acceptors (Lipinski definition) is 5. The Morgan fingerprint density at radius 2 is 1.97 bits per heavy atom. The molecule has 1 aromatic carbocycles. The van der Waals surface area contributed by atoms with Crippen molar-refractivity contribution in [3.63, 3.8) is 0 Å². The molecule has 0 bridgehead atoms. The number of thioether (sulfide) groups is 1. The highest BCUT2D eigenvalue weighted by Crippen LogP contribution is 2.35. The zero-order chi connectivity index (χ0) is 21.4. The molecule has 0 N–H and O–H groups in total. The summed E-state index contributed by atoms with van der Waals surface area (Å²) in [5.74, 6) is 0.442. The first-order valence-corrected chi connectivity index (χ1v) is 13.0. The van der Waals surface area contributed by atoms with Gasteiger partial charge in [-0.2, -0.15) is 0 Å². The van der Waals surface area contributed by atoms with Crippen LogP contribution < -0.4 is 5.56 Å². The monoisotopic (exact) mass is 453 g/mol. The van der Waals surface area contributed by atoms with Gasteiger partial charge in [0.1, 0.15) is 4.83 Å². The maximum Gasteiger partial charge on any atom is 0.267 e. The van der Waals surface area contributed by atoms with Crippen molar-refractivity contribution in [2.75, 3.05) is 12.3 Å². The van der Waals surface area contributed by atoms with E-state index in [-0.39, 0.29) is 17.5 Å². The van der Waals surface area contributed by atoms with E-state index >= 15 is 0 Å². The summed E-state index contributed by atoms with van der Waals surface area (Å²) < 4.78 is 1.71. The molecule has 1 aliphatic heterocycles. The van der Waals surface area contributed by atoms with E-state index in [9.17, 15) is 9.59 Å². The van der Waals surface area contributed by atoms with Crippen molar-refractivity contribution in [3.05, 3.63) is 51.1 Å². The summed E-state index contributed by atoms with van der Waals surface area (Å²) in [6.07, 6.45) is 7.62. The van der Waals surface area contributed by atoms with Gasteiger partial charge in [0.25, 0.3) is 5.56 Å². The normalized spacial score (nSPS) is 18.9. The highest BCUT2D eigenvalue weighted by Gasteiger charge is 2.26. The molecular formula is C24H27N3O2S2. The lowest BCUT2D eigenvalue weighted by Crippen LogP contribution is -2.43. The fraction of sp³-hybridized carbons (Fsp3) is 0.458. The summed E-state index contributed by atoms with van der Waals surface area (Å²) in [7, 11) is 0. The van der Waals surface area contributed by atoms with Gasteiger partial charge in [-0.25, -0.2) is 4.98 Å². The molecule has 31 heavy (non-hydrogen) atoms. The molecule has 7 heteroatoms. The number of piperidine rings is 1. The smallest absolute Gasteiger partial charge is 0.267 e. The Morgan fingerprint density at radius 1 is 1.16 bits per heavy atom. The Labute approximate surface area is 190 Å². The van der Waals surface area contributed by atoms with Gasteiger partial charge in [-0.3, -0.25) is 14.2 Å². The molecular weight excluding hydrogens is 426 g/mol. The van der Waals surface area contributed by atoms with E-state index in [0.29, 0.717) is 10.9 Å². The topological polar surface area (TPSA) is 55.2 Å². The number of aryl methyl sites for hydroxylation is 2. The Kier molecular flexibility index (Phi) is 5.89. The van der Waals surface area contributed by atoms with E-state index in [4.69, 9.17) is 4.98 Å². The molecule has 162 valence electrons. The van der Waals surface area contributed by atoms with Crippen molar-refractivity contribution in [1.82, 2.24) is 14.5 Å².